The van der Waals surface area contributed by atoms with Gasteiger partial charge >= 0.3 is 0 Å². The Morgan fingerprint density at radius 1 is 1.00 bits per heavy atom. The van der Waals surface area contributed by atoms with Crippen molar-refractivity contribution in [2.75, 3.05) is 5.73 Å². The Hall–Kier alpha value is -1.80. The highest BCUT2D eigenvalue weighted by Gasteiger charge is 2.31. The molecule has 0 bridgehead atoms. The van der Waals surface area contributed by atoms with Crippen LogP contribution >= 0.6 is 0 Å². The smallest absolute Gasteiger partial charge is 0.0317 e. The summed E-state index contributed by atoms with van der Waals surface area (Å²) in [5.74, 6) is 0.870. The third-order valence-corrected chi connectivity index (χ3v) is 4.45. The minimum Gasteiger partial charge on any atom is -0.399 e. The molecule has 2 nitrogen and oxygen atoms in total. The third kappa shape index (κ3) is 3.85. The Bertz CT molecular complexity index is 575. The fraction of sp³-hybridized carbons (Fsp3) is 0.368. The molecule has 1 atom stereocenters. The van der Waals surface area contributed by atoms with E-state index in [1.807, 2.05) is 12.1 Å². The summed E-state index contributed by atoms with van der Waals surface area (Å²) in [7, 11) is 0. The van der Waals surface area contributed by atoms with Crippen LogP contribution in [0, 0.1) is 5.92 Å². The summed E-state index contributed by atoms with van der Waals surface area (Å²) in [4.78, 5) is 2.59. The van der Waals surface area contributed by atoms with Crippen LogP contribution in [0.5, 0.6) is 0 Å². The van der Waals surface area contributed by atoms with Crippen molar-refractivity contribution < 1.29 is 0 Å². The Morgan fingerprint density at radius 3 is 2.33 bits per heavy atom. The number of nitrogens with two attached hydrogens (primary N) is 1. The van der Waals surface area contributed by atoms with E-state index >= 15 is 0 Å². The van der Waals surface area contributed by atoms with Crippen molar-refractivity contribution in [1.82, 2.24) is 4.90 Å². The standard InChI is InChI=1S/C19H24N2/c1-15(18-10-11-18)21(13-16-6-3-2-4-7-16)14-17-8-5-9-19(20)12-17/h2-9,12,15,18H,10-11,13-14,20H2,1H3. The number of nitrogens with zero attached hydrogens (tertiary/aromatic N) is 1. The monoisotopic (exact) mass is 280 g/mol. The van der Waals surface area contributed by atoms with E-state index in [0.717, 1.165) is 24.7 Å². The second-order valence-corrected chi connectivity index (χ2v) is 6.21. The molecule has 0 saturated heterocycles. The molecule has 0 aromatic heterocycles. The normalized spacial score (nSPS) is 16.1. The van der Waals surface area contributed by atoms with E-state index in [-0.39, 0.29) is 0 Å². The summed E-state index contributed by atoms with van der Waals surface area (Å²) < 4.78 is 0. The van der Waals surface area contributed by atoms with Gasteiger partial charge in [-0.2, -0.15) is 0 Å². The van der Waals surface area contributed by atoms with Gasteiger partial charge in [-0.25, -0.2) is 0 Å². The van der Waals surface area contributed by atoms with Crippen LogP contribution in [0.4, 0.5) is 5.69 Å². The van der Waals surface area contributed by atoms with Gasteiger partial charge in [0.1, 0.15) is 0 Å². The van der Waals surface area contributed by atoms with E-state index in [1.165, 1.54) is 24.0 Å². The molecule has 0 spiro atoms. The van der Waals surface area contributed by atoms with Crippen LogP contribution in [0.1, 0.15) is 30.9 Å². The van der Waals surface area contributed by atoms with E-state index in [1.54, 1.807) is 0 Å². The molecule has 2 N–H and O–H groups in total. The zero-order valence-corrected chi connectivity index (χ0v) is 12.7. The summed E-state index contributed by atoms with van der Waals surface area (Å²) in [6.07, 6.45) is 2.76. The van der Waals surface area contributed by atoms with E-state index in [4.69, 9.17) is 5.73 Å². The minimum absolute atomic E-state index is 0.631. The average Bonchev–Trinajstić information content (AvgIpc) is 3.32. The highest BCUT2D eigenvalue weighted by molar-refractivity contribution is 5.40. The van der Waals surface area contributed by atoms with Gasteiger partial charge in [-0.3, -0.25) is 4.90 Å². The highest BCUT2D eigenvalue weighted by atomic mass is 15.2. The van der Waals surface area contributed by atoms with Crippen LogP contribution in [-0.2, 0) is 13.1 Å². The first-order valence-corrected chi connectivity index (χ1v) is 7.85. The van der Waals surface area contributed by atoms with Gasteiger partial charge in [0.25, 0.3) is 0 Å². The van der Waals surface area contributed by atoms with Gasteiger partial charge in [-0.1, -0.05) is 42.5 Å². The van der Waals surface area contributed by atoms with Crippen molar-refractivity contribution in [3.05, 3.63) is 65.7 Å². The molecule has 1 aliphatic rings. The van der Waals surface area contributed by atoms with Crippen LogP contribution < -0.4 is 5.73 Å². The van der Waals surface area contributed by atoms with E-state index in [2.05, 4.69) is 54.3 Å². The molecule has 2 aromatic rings. The average molecular weight is 280 g/mol. The van der Waals surface area contributed by atoms with E-state index in [9.17, 15) is 0 Å². The molecule has 21 heavy (non-hydrogen) atoms. The van der Waals surface area contributed by atoms with E-state index in [0.29, 0.717) is 6.04 Å². The predicted octanol–water partition coefficient (Wildman–Crippen LogP) is 4.07. The van der Waals surface area contributed by atoms with Crippen LogP contribution in [0.25, 0.3) is 0 Å². The van der Waals surface area contributed by atoms with Gasteiger partial charge < -0.3 is 5.73 Å². The lowest BCUT2D eigenvalue weighted by molar-refractivity contribution is 0.172. The molecule has 2 heteroatoms. The molecular formula is C19H24N2. The first kappa shape index (κ1) is 14.2. The first-order chi connectivity index (χ1) is 10.2. The Kier molecular flexibility index (Phi) is 4.26. The molecule has 110 valence electrons. The molecule has 1 unspecified atom stereocenters. The second-order valence-electron chi connectivity index (χ2n) is 6.21. The number of hydrogen-bond donors (Lipinski definition) is 1. The molecule has 0 aliphatic heterocycles. The number of nitrogen functional groups attached to an aromatic ring is 1. The van der Waals surface area contributed by atoms with Crippen LogP contribution in [-0.4, -0.2) is 10.9 Å². The van der Waals surface area contributed by atoms with Gasteiger partial charge in [0, 0.05) is 24.8 Å². The first-order valence-electron chi connectivity index (χ1n) is 7.85. The summed E-state index contributed by atoms with van der Waals surface area (Å²) in [5.41, 5.74) is 9.46. The largest absolute Gasteiger partial charge is 0.399 e. The number of benzene rings is 2. The van der Waals surface area contributed by atoms with Gasteiger partial charge in [0.15, 0.2) is 0 Å². The molecule has 1 aliphatic carbocycles. The Labute approximate surface area is 127 Å². The van der Waals surface area contributed by atoms with Crippen molar-refractivity contribution in [1.29, 1.82) is 0 Å². The van der Waals surface area contributed by atoms with Gasteiger partial charge in [0.05, 0.1) is 0 Å². The predicted molar refractivity (Wildman–Crippen MR) is 88.7 cm³/mol. The zero-order chi connectivity index (χ0) is 14.7. The Balaban J connectivity index is 1.75. The lowest BCUT2D eigenvalue weighted by Crippen LogP contribution is -2.33. The molecule has 0 heterocycles. The SMILES string of the molecule is CC(C1CC1)N(Cc1ccccc1)Cc1cccc(N)c1. The van der Waals surface area contributed by atoms with Crippen molar-refractivity contribution in [2.45, 2.75) is 38.9 Å². The maximum absolute atomic E-state index is 5.92. The maximum atomic E-state index is 5.92. The molecule has 2 aromatic carbocycles. The lowest BCUT2D eigenvalue weighted by Gasteiger charge is -2.29. The third-order valence-electron chi connectivity index (χ3n) is 4.45. The zero-order valence-electron chi connectivity index (χ0n) is 12.7. The van der Waals surface area contributed by atoms with Crippen LogP contribution in [0.2, 0.25) is 0 Å². The van der Waals surface area contributed by atoms with Crippen molar-refractivity contribution in [3.63, 3.8) is 0 Å². The molecular weight excluding hydrogens is 256 g/mol. The summed E-state index contributed by atoms with van der Waals surface area (Å²) in [5, 5.41) is 0. The molecule has 0 amide bonds. The fourth-order valence-corrected chi connectivity index (χ4v) is 2.96. The quantitative estimate of drug-likeness (QED) is 0.808. The highest BCUT2D eigenvalue weighted by Crippen LogP contribution is 2.36. The van der Waals surface area contributed by atoms with Crippen LogP contribution in [0.3, 0.4) is 0 Å². The van der Waals surface area contributed by atoms with Crippen LogP contribution in [0.15, 0.2) is 54.6 Å². The molecule has 1 fully saturated rings. The Morgan fingerprint density at radius 2 is 1.67 bits per heavy atom. The maximum Gasteiger partial charge on any atom is 0.0317 e. The summed E-state index contributed by atoms with van der Waals surface area (Å²) in [6.45, 7) is 4.35. The van der Waals surface area contributed by atoms with Gasteiger partial charge in [-0.05, 0) is 48.9 Å². The van der Waals surface area contributed by atoms with E-state index < -0.39 is 0 Å². The number of hydrogen-bond acceptors (Lipinski definition) is 2. The second kappa shape index (κ2) is 6.31. The van der Waals surface area contributed by atoms with Gasteiger partial charge in [0.2, 0.25) is 0 Å². The van der Waals surface area contributed by atoms with Crippen molar-refractivity contribution >= 4 is 5.69 Å². The molecule has 1 saturated carbocycles. The fourth-order valence-electron chi connectivity index (χ4n) is 2.96. The van der Waals surface area contributed by atoms with Gasteiger partial charge in [-0.15, -0.1) is 0 Å². The summed E-state index contributed by atoms with van der Waals surface area (Å²) in [6, 6.07) is 19.7. The minimum atomic E-state index is 0.631. The number of rotatable bonds is 6. The topological polar surface area (TPSA) is 29.3 Å². The van der Waals surface area contributed by atoms with Crippen molar-refractivity contribution in [3.8, 4) is 0 Å². The number of anilines is 1. The lowest BCUT2D eigenvalue weighted by atomic mass is 10.1. The summed E-state index contributed by atoms with van der Waals surface area (Å²) >= 11 is 0. The van der Waals surface area contributed by atoms with Crippen molar-refractivity contribution in [2.24, 2.45) is 5.92 Å². The molecule has 3 rings (SSSR count). The molecule has 0 radical (unpaired) electrons.